The summed E-state index contributed by atoms with van der Waals surface area (Å²) in [4.78, 5) is 0. The van der Waals surface area contributed by atoms with Gasteiger partial charge in [0.05, 0.1) is 27.9 Å². The summed E-state index contributed by atoms with van der Waals surface area (Å²) in [5.41, 5.74) is 0.900. The molecule has 0 aliphatic heterocycles. The monoisotopic (exact) mass is 241 g/mol. The zero-order valence-corrected chi connectivity index (χ0v) is 10.7. The number of hydrogen-bond donors (Lipinski definition) is 1. The lowest BCUT2D eigenvalue weighted by Gasteiger charge is -2.14. The van der Waals surface area contributed by atoms with Crippen LogP contribution in [0.2, 0.25) is 0 Å². The van der Waals surface area contributed by atoms with Gasteiger partial charge in [-0.05, 0) is 0 Å². The van der Waals surface area contributed by atoms with Gasteiger partial charge >= 0.3 is 0 Å². The quantitative estimate of drug-likeness (QED) is 0.737. The molecule has 0 aromatic heterocycles. The molecule has 5 heteroatoms. The summed E-state index contributed by atoms with van der Waals surface area (Å²) in [7, 11) is 6.43. The van der Waals surface area contributed by atoms with Crippen molar-refractivity contribution < 1.29 is 18.9 Å². The third kappa shape index (κ3) is 3.42. The molecule has 1 aromatic rings. The second kappa shape index (κ2) is 6.85. The molecule has 0 aliphatic carbocycles. The summed E-state index contributed by atoms with van der Waals surface area (Å²) < 4.78 is 20.7. The second-order valence-corrected chi connectivity index (χ2v) is 3.33. The first-order chi connectivity index (χ1) is 8.26. The minimum Gasteiger partial charge on any atom is -0.493 e. The Balaban J connectivity index is 2.92. The van der Waals surface area contributed by atoms with Crippen LogP contribution in [-0.2, 0) is 4.74 Å². The van der Waals surface area contributed by atoms with Gasteiger partial charge in [-0.1, -0.05) is 0 Å². The summed E-state index contributed by atoms with van der Waals surface area (Å²) in [6.45, 7) is 1.35. The molecule has 1 rings (SSSR count). The first kappa shape index (κ1) is 13.4. The largest absolute Gasteiger partial charge is 0.493 e. The van der Waals surface area contributed by atoms with Gasteiger partial charge in [-0.15, -0.1) is 0 Å². The molecule has 0 bridgehead atoms. The Labute approximate surface area is 102 Å². The first-order valence-electron chi connectivity index (χ1n) is 5.29. The molecule has 96 valence electrons. The van der Waals surface area contributed by atoms with Crippen molar-refractivity contribution in [3.8, 4) is 17.2 Å². The lowest BCUT2D eigenvalue weighted by molar-refractivity contribution is 0.210. The summed E-state index contributed by atoms with van der Waals surface area (Å²) >= 11 is 0. The van der Waals surface area contributed by atoms with Crippen molar-refractivity contribution in [2.75, 3.05) is 46.9 Å². The van der Waals surface area contributed by atoms with Crippen LogP contribution >= 0.6 is 0 Å². The van der Waals surface area contributed by atoms with Crippen molar-refractivity contribution in [3.05, 3.63) is 12.1 Å². The van der Waals surface area contributed by atoms with Gasteiger partial charge in [-0.25, -0.2) is 0 Å². The maximum Gasteiger partial charge on any atom is 0.203 e. The minimum absolute atomic E-state index is 0.590. The zero-order valence-electron chi connectivity index (χ0n) is 10.7. The molecule has 1 aromatic carbocycles. The Morgan fingerprint density at radius 1 is 0.941 bits per heavy atom. The Hall–Kier alpha value is -1.62. The van der Waals surface area contributed by atoms with E-state index < -0.39 is 0 Å². The average molecular weight is 241 g/mol. The van der Waals surface area contributed by atoms with Gasteiger partial charge in [0.15, 0.2) is 11.5 Å². The van der Waals surface area contributed by atoms with Crippen LogP contribution in [0.25, 0.3) is 0 Å². The maximum absolute atomic E-state index is 5.25. The number of ether oxygens (including phenoxy) is 4. The highest BCUT2D eigenvalue weighted by Crippen LogP contribution is 2.39. The number of anilines is 1. The highest BCUT2D eigenvalue weighted by molar-refractivity contribution is 5.62. The molecule has 5 nitrogen and oxygen atoms in total. The fourth-order valence-electron chi connectivity index (χ4n) is 1.48. The van der Waals surface area contributed by atoms with Crippen molar-refractivity contribution in [1.29, 1.82) is 0 Å². The molecule has 0 unspecified atom stereocenters. The SMILES string of the molecule is COCCNc1cc(OC)c(OC)c(OC)c1. The van der Waals surface area contributed by atoms with Gasteiger partial charge in [-0.2, -0.15) is 0 Å². The molecule has 0 saturated carbocycles. The van der Waals surface area contributed by atoms with Gasteiger partial charge < -0.3 is 24.3 Å². The maximum atomic E-state index is 5.25. The molecule has 0 fully saturated rings. The van der Waals surface area contributed by atoms with Gasteiger partial charge in [0, 0.05) is 31.5 Å². The van der Waals surface area contributed by atoms with E-state index in [2.05, 4.69) is 5.32 Å². The van der Waals surface area contributed by atoms with Crippen molar-refractivity contribution in [2.45, 2.75) is 0 Å². The molecule has 0 amide bonds. The van der Waals surface area contributed by atoms with E-state index in [1.807, 2.05) is 12.1 Å². The van der Waals surface area contributed by atoms with Gasteiger partial charge in [-0.3, -0.25) is 0 Å². The highest BCUT2D eigenvalue weighted by atomic mass is 16.5. The van der Waals surface area contributed by atoms with Crippen LogP contribution in [-0.4, -0.2) is 41.6 Å². The summed E-state index contributed by atoms with van der Waals surface area (Å²) in [6, 6.07) is 3.72. The van der Waals surface area contributed by atoms with Gasteiger partial charge in [0.1, 0.15) is 0 Å². The van der Waals surface area contributed by atoms with Gasteiger partial charge in [0.2, 0.25) is 5.75 Å². The molecule has 0 aliphatic rings. The summed E-state index contributed by atoms with van der Waals surface area (Å²) in [5.74, 6) is 1.85. The Kier molecular flexibility index (Phi) is 5.42. The fourth-order valence-corrected chi connectivity index (χ4v) is 1.48. The molecular weight excluding hydrogens is 222 g/mol. The topological polar surface area (TPSA) is 49.0 Å². The second-order valence-electron chi connectivity index (χ2n) is 3.33. The molecule has 0 spiro atoms. The van der Waals surface area contributed by atoms with Crippen LogP contribution < -0.4 is 19.5 Å². The molecule has 0 radical (unpaired) electrons. The average Bonchev–Trinajstić information content (AvgIpc) is 2.37. The van der Waals surface area contributed by atoms with Crippen LogP contribution in [0.1, 0.15) is 0 Å². The number of nitrogens with one attached hydrogen (secondary N) is 1. The molecular formula is C12H19NO4. The van der Waals surface area contributed by atoms with Crippen LogP contribution in [0.3, 0.4) is 0 Å². The van der Waals surface area contributed by atoms with E-state index in [0.717, 1.165) is 12.2 Å². The Morgan fingerprint density at radius 2 is 1.53 bits per heavy atom. The number of hydrogen-bond acceptors (Lipinski definition) is 5. The summed E-state index contributed by atoms with van der Waals surface area (Å²) in [5, 5.41) is 3.21. The lowest BCUT2D eigenvalue weighted by atomic mass is 10.2. The van der Waals surface area contributed by atoms with E-state index in [1.165, 1.54) is 0 Å². The molecule has 17 heavy (non-hydrogen) atoms. The van der Waals surface area contributed by atoms with Crippen molar-refractivity contribution in [3.63, 3.8) is 0 Å². The van der Waals surface area contributed by atoms with Crippen molar-refractivity contribution in [2.24, 2.45) is 0 Å². The third-order valence-electron chi connectivity index (χ3n) is 2.30. The lowest BCUT2D eigenvalue weighted by Crippen LogP contribution is -2.08. The molecule has 1 N–H and O–H groups in total. The zero-order chi connectivity index (χ0) is 12.7. The van der Waals surface area contributed by atoms with Crippen LogP contribution in [0.15, 0.2) is 12.1 Å². The highest BCUT2D eigenvalue weighted by Gasteiger charge is 2.12. The van der Waals surface area contributed by atoms with Crippen LogP contribution in [0.5, 0.6) is 17.2 Å². The van der Waals surface area contributed by atoms with E-state index in [0.29, 0.717) is 23.9 Å². The summed E-state index contributed by atoms with van der Waals surface area (Å²) in [6.07, 6.45) is 0. The standard InChI is InChI=1S/C12H19NO4/c1-14-6-5-13-9-7-10(15-2)12(17-4)11(8-9)16-3/h7-8,13H,5-6H2,1-4H3. The van der Waals surface area contributed by atoms with E-state index >= 15 is 0 Å². The Morgan fingerprint density at radius 3 is 1.94 bits per heavy atom. The van der Waals surface area contributed by atoms with E-state index in [-0.39, 0.29) is 0 Å². The molecule has 0 saturated heterocycles. The van der Waals surface area contributed by atoms with Gasteiger partial charge in [0.25, 0.3) is 0 Å². The van der Waals surface area contributed by atoms with E-state index in [4.69, 9.17) is 18.9 Å². The predicted molar refractivity (Wildman–Crippen MR) is 66.5 cm³/mol. The van der Waals surface area contributed by atoms with Crippen molar-refractivity contribution in [1.82, 2.24) is 0 Å². The Bertz CT molecular complexity index is 329. The molecule has 0 atom stereocenters. The first-order valence-corrected chi connectivity index (χ1v) is 5.29. The minimum atomic E-state index is 0.590. The number of rotatable bonds is 7. The third-order valence-corrected chi connectivity index (χ3v) is 2.30. The fraction of sp³-hybridized carbons (Fsp3) is 0.500. The smallest absolute Gasteiger partial charge is 0.203 e. The normalized spacial score (nSPS) is 9.88. The van der Waals surface area contributed by atoms with Crippen LogP contribution in [0.4, 0.5) is 5.69 Å². The van der Waals surface area contributed by atoms with E-state index in [1.54, 1.807) is 28.4 Å². The number of methoxy groups -OCH3 is 4. The molecule has 0 heterocycles. The predicted octanol–water partition coefficient (Wildman–Crippen LogP) is 1.77. The number of benzene rings is 1. The van der Waals surface area contributed by atoms with Crippen molar-refractivity contribution >= 4 is 5.69 Å². The van der Waals surface area contributed by atoms with Crippen LogP contribution in [0, 0.1) is 0 Å². The van der Waals surface area contributed by atoms with E-state index in [9.17, 15) is 0 Å².